The van der Waals surface area contributed by atoms with Crippen LogP contribution in [0.5, 0.6) is 0 Å². The van der Waals surface area contributed by atoms with Gasteiger partial charge in [0.25, 0.3) is 10.0 Å². The maximum atomic E-state index is 13.0. The van der Waals surface area contributed by atoms with Gasteiger partial charge < -0.3 is 9.31 Å². The van der Waals surface area contributed by atoms with Gasteiger partial charge >= 0.3 is 7.12 Å². The van der Waals surface area contributed by atoms with Gasteiger partial charge in [0.1, 0.15) is 0 Å². The minimum Gasteiger partial charge on any atom is -0.399 e. The molecule has 7 heteroatoms. The highest BCUT2D eigenvalue weighted by molar-refractivity contribution is 7.92. The molecule has 0 atom stereocenters. The van der Waals surface area contributed by atoms with Crippen molar-refractivity contribution in [3.63, 3.8) is 0 Å². The molecule has 1 fully saturated rings. The molecule has 2 aromatic carbocycles. The highest BCUT2D eigenvalue weighted by atomic mass is 32.2. The summed E-state index contributed by atoms with van der Waals surface area (Å²) in [6.07, 6.45) is 0.675. The summed E-state index contributed by atoms with van der Waals surface area (Å²) in [5, 5.41) is 0. The average molecular weight is 385 g/mol. The van der Waals surface area contributed by atoms with Crippen LogP contribution in [0, 0.1) is 0 Å². The SMILES string of the molecule is CC1(C)OB(c2ccc3c(c2)CCN3S(=O)(=O)c2ccccc2)OC1(C)C. The Morgan fingerprint density at radius 3 is 2.22 bits per heavy atom. The Balaban J connectivity index is 1.64. The summed E-state index contributed by atoms with van der Waals surface area (Å²) in [7, 11) is -3.99. The molecular weight excluding hydrogens is 361 g/mol. The molecule has 2 aliphatic heterocycles. The van der Waals surface area contributed by atoms with Crippen molar-refractivity contribution >= 4 is 28.3 Å². The minimum atomic E-state index is -3.55. The maximum Gasteiger partial charge on any atom is 0.494 e. The van der Waals surface area contributed by atoms with E-state index in [4.69, 9.17) is 9.31 Å². The molecule has 0 amide bonds. The van der Waals surface area contributed by atoms with Crippen LogP contribution in [0.15, 0.2) is 53.4 Å². The van der Waals surface area contributed by atoms with E-state index in [0.29, 0.717) is 17.9 Å². The van der Waals surface area contributed by atoms with Crippen LogP contribution in [0.25, 0.3) is 0 Å². The third-order valence-electron chi connectivity index (χ3n) is 5.81. The number of hydrogen-bond acceptors (Lipinski definition) is 4. The van der Waals surface area contributed by atoms with Crippen LogP contribution in [-0.2, 0) is 25.8 Å². The Morgan fingerprint density at radius 1 is 0.963 bits per heavy atom. The lowest BCUT2D eigenvalue weighted by Gasteiger charge is -2.32. The van der Waals surface area contributed by atoms with E-state index < -0.39 is 28.3 Å². The second-order valence-electron chi connectivity index (χ2n) is 8.12. The van der Waals surface area contributed by atoms with Crippen molar-refractivity contribution in [1.82, 2.24) is 0 Å². The number of sulfonamides is 1. The van der Waals surface area contributed by atoms with Crippen LogP contribution in [-0.4, -0.2) is 33.3 Å². The molecule has 0 bridgehead atoms. The van der Waals surface area contributed by atoms with Gasteiger partial charge in [-0.05, 0) is 63.3 Å². The molecule has 4 rings (SSSR count). The first-order valence-corrected chi connectivity index (χ1v) is 10.6. The number of fused-ring (bicyclic) bond motifs is 1. The van der Waals surface area contributed by atoms with Crippen molar-refractivity contribution in [1.29, 1.82) is 0 Å². The first-order chi connectivity index (χ1) is 12.6. The van der Waals surface area contributed by atoms with Crippen molar-refractivity contribution in [3.8, 4) is 0 Å². The van der Waals surface area contributed by atoms with E-state index in [1.807, 2.05) is 52.0 Å². The van der Waals surface area contributed by atoms with E-state index in [-0.39, 0.29) is 0 Å². The van der Waals surface area contributed by atoms with Crippen LogP contribution in [0.2, 0.25) is 0 Å². The molecule has 0 aliphatic carbocycles. The second-order valence-corrected chi connectivity index (χ2v) is 9.98. The molecule has 0 aromatic heterocycles. The normalized spacial score (nSPS) is 20.7. The molecule has 5 nitrogen and oxygen atoms in total. The number of nitrogens with zero attached hydrogens (tertiary/aromatic N) is 1. The molecule has 0 unspecified atom stereocenters. The van der Waals surface area contributed by atoms with E-state index in [1.54, 1.807) is 24.3 Å². The standard InChI is InChI=1S/C20H24BNO4S/c1-19(2)20(3,4)26-21(25-19)16-10-11-18-15(14-16)12-13-22(18)27(23,24)17-8-6-5-7-9-17/h5-11,14H,12-13H2,1-4H3. The lowest BCUT2D eigenvalue weighted by atomic mass is 9.78. The molecule has 2 aromatic rings. The summed E-state index contributed by atoms with van der Waals surface area (Å²) in [6.45, 7) is 8.53. The summed E-state index contributed by atoms with van der Waals surface area (Å²) in [6, 6.07) is 14.3. The zero-order chi connectivity index (χ0) is 19.4. The van der Waals surface area contributed by atoms with Crippen LogP contribution < -0.4 is 9.77 Å². The Hall–Kier alpha value is -1.83. The largest absolute Gasteiger partial charge is 0.494 e. The highest BCUT2D eigenvalue weighted by Crippen LogP contribution is 2.37. The van der Waals surface area contributed by atoms with Gasteiger partial charge in [0.05, 0.1) is 21.8 Å². The van der Waals surface area contributed by atoms with Crippen molar-refractivity contribution in [2.75, 3.05) is 10.8 Å². The predicted molar refractivity (Wildman–Crippen MR) is 107 cm³/mol. The lowest BCUT2D eigenvalue weighted by Crippen LogP contribution is -2.41. The average Bonchev–Trinajstić information content (AvgIpc) is 3.13. The van der Waals surface area contributed by atoms with Gasteiger partial charge in [-0.3, -0.25) is 4.31 Å². The lowest BCUT2D eigenvalue weighted by molar-refractivity contribution is 0.00578. The molecule has 1 saturated heterocycles. The molecule has 0 saturated carbocycles. The van der Waals surface area contributed by atoms with E-state index in [1.165, 1.54) is 4.31 Å². The topological polar surface area (TPSA) is 55.8 Å². The zero-order valence-corrected chi connectivity index (χ0v) is 16.9. The van der Waals surface area contributed by atoms with Crippen molar-refractivity contribution < 1.29 is 17.7 Å². The Morgan fingerprint density at radius 2 is 1.59 bits per heavy atom. The Bertz CT molecular complexity index is 957. The summed E-state index contributed by atoms with van der Waals surface area (Å²) >= 11 is 0. The molecule has 0 N–H and O–H groups in total. The highest BCUT2D eigenvalue weighted by Gasteiger charge is 2.51. The molecular formula is C20H24BNO4S. The van der Waals surface area contributed by atoms with Gasteiger partial charge in [-0.1, -0.05) is 30.3 Å². The molecule has 27 heavy (non-hydrogen) atoms. The number of benzene rings is 2. The van der Waals surface area contributed by atoms with E-state index >= 15 is 0 Å². The molecule has 142 valence electrons. The summed E-state index contributed by atoms with van der Waals surface area (Å²) < 4.78 is 39.7. The fraction of sp³-hybridized carbons (Fsp3) is 0.400. The fourth-order valence-electron chi connectivity index (χ4n) is 3.49. The maximum absolute atomic E-state index is 13.0. The summed E-state index contributed by atoms with van der Waals surface area (Å²) in [5.41, 5.74) is 1.85. The number of rotatable bonds is 3. The quantitative estimate of drug-likeness (QED) is 0.763. The van der Waals surface area contributed by atoms with Crippen LogP contribution in [0.1, 0.15) is 33.3 Å². The first-order valence-electron chi connectivity index (χ1n) is 9.18. The van der Waals surface area contributed by atoms with E-state index in [2.05, 4.69) is 0 Å². The van der Waals surface area contributed by atoms with Crippen LogP contribution >= 0.6 is 0 Å². The summed E-state index contributed by atoms with van der Waals surface area (Å²) in [4.78, 5) is 0.313. The first kappa shape index (κ1) is 18.5. The monoisotopic (exact) mass is 385 g/mol. The molecule has 0 spiro atoms. The third kappa shape index (κ3) is 2.98. The van der Waals surface area contributed by atoms with Gasteiger partial charge in [-0.15, -0.1) is 0 Å². The Kier molecular flexibility index (Phi) is 4.18. The van der Waals surface area contributed by atoms with Gasteiger partial charge in [0.15, 0.2) is 0 Å². The van der Waals surface area contributed by atoms with Gasteiger partial charge in [0.2, 0.25) is 0 Å². The van der Waals surface area contributed by atoms with Gasteiger partial charge in [-0.25, -0.2) is 8.42 Å². The molecule has 2 heterocycles. The number of hydrogen-bond donors (Lipinski definition) is 0. The fourth-order valence-corrected chi connectivity index (χ4v) is 5.01. The Labute approximate surface area is 161 Å². The van der Waals surface area contributed by atoms with Crippen LogP contribution in [0.4, 0.5) is 5.69 Å². The van der Waals surface area contributed by atoms with Gasteiger partial charge in [-0.2, -0.15) is 0 Å². The molecule has 2 aliphatic rings. The van der Waals surface area contributed by atoms with Crippen LogP contribution in [0.3, 0.4) is 0 Å². The molecule has 0 radical (unpaired) electrons. The summed E-state index contributed by atoms with van der Waals surface area (Å²) in [5.74, 6) is 0. The number of anilines is 1. The minimum absolute atomic E-state index is 0.313. The second kappa shape index (κ2) is 6.09. The van der Waals surface area contributed by atoms with Crippen molar-refractivity contribution in [2.45, 2.75) is 50.2 Å². The van der Waals surface area contributed by atoms with Gasteiger partial charge in [0, 0.05) is 6.54 Å². The van der Waals surface area contributed by atoms with Crippen molar-refractivity contribution in [2.24, 2.45) is 0 Å². The predicted octanol–water partition coefficient (Wildman–Crippen LogP) is 2.74. The third-order valence-corrected chi connectivity index (χ3v) is 7.64. The zero-order valence-electron chi connectivity index (χ0n) is 16.1. The van der Waals surface area contributed by atoms with E-state index in [9.17, 15) is 8.42 Å². The smallest absolute Gasteiger partial charge is 0.399 e. The van der Waals surface area contributed by atoms with Crippen molar-refractivity contribution in [3.05, 3.63) is 54.1 Å². The van der Waals surface area contributed by atoms with E-state index in [0.717, 1.165) is 16.7 Å².